The molecule has 0 radical (unpaired) electrons. The van der Waals surface area contributed by atoms with Crippen LogP contribution in [0.2, 0.25) is 0 Å². The summed E-state index contributed by atoms with van der Waals surface area (Å²) in [5.74, 6) is 0.657. The first-order valence-electron chi connectivity index (χ1n) is 9.10. The number of anilines is 1. The Labute approximate surface area is 160 Å². The molecule has 0 saturated carbocycles. The summed E-state index contributed by atoms with van der Waals surface area (Å²) in [7, 11) is 1.62. The van der Waals surface area contributed by atoms with E-state index in [1.807, 2.05) is 50.2 Å². The Balaban J connectivity index is 1.85. The van der Waals surface area contributed by atoms with Crippen molar-refractivity contribution in [1.82, 2.24) is 10.2 Å². The van der Waals surface area contributed by atoms with Gasteiger partial charge in [0.05, 0.1) is 13.7 Å². The van der Waals surface area contributed by atoms with Crippen LogP contribution < -0.4 is 15.4 Å². The smallest absolute Gasteiger partial charge is 0.253 e. The van der Waals surface area contributed by atoms with Gasteiger partial charge in [0, 0.05) is 30.9 Å². The van der Waals surface area contributed by atoms with E-state index < -0.39 is 0 Å². The number of carbonyl (C=O) groups is 2. The molecule has 2 aromatic rings. The Kier molecular flexibility index (Phi) is 7.67. The molecule has 0 atom stereocenters. The molecule has 0 aliphatic rings. The number of hydrogen-bond donors (Lipinski definition) is 2. The summed E-state index contributed by atoms with van der Waals surface area (Å²) in [6.07, 6.45) is 0. The van der Waals surface area contributed by atoms with Gasteiger partial charge in [-0.1, -0.05) is 18.2 Å². The highest BCUT2D eigenvalue weighted by molar-refractivity contribution is 5.95. The predicted octanol–water partition coefficient (Wildman–Crippen LogP) is 2.91. The minimum absolute atomic E-state index is 0.00685. The normalized spacial score (nSPS) is 10.2. The minimum Gasteiger partial charge on any atom is -0.497 e. The van der Waals surface area contributed by atoms with Crippen molar-refractivity contribution < 1.29 is 14.3 Å². The van der Waals surface area contributed by atoms with Gasteiger partial charge in [-0.15, -0.1) is 0 Å². The van der Waals surface area contributed by atoms with Crippen LogP contribution in [0, 0.1) is 0 Å². The van der Waals surface area contributed by atoms with Gasteiger partial charge in [0.1, 0.15) is 5.75 Å². The number of ether oxygens (including phenoxy) is 1. The highest BCUT2D eigenvalue weighted by atomic mass is 16.5. The van der Waals surface area contributed by atoms with Crippen molar-refractivity contribution in [2.24, 2.45) is 0 Å². The monoisotopic (exact) mass is 369 g/mol. The van der Waals surface area contributed by atoms with Crippen LogP contribution in [-0.4, -0.2) is 43.5 Å². The Morgan fingerprint density at radius 2 is 1.74 bits per heavy atom. The summed E-state index contributed by atoms with van der Waals surface area (Å²) in [6.45, 7) is 5.83. The lowest BCUT2D eigenvalue weighted by atomic mass is 10.1. The van der Waals surface area contributed by atoms with Crippen LogP contribution >= 0.6 is 0 Å². The first-order valence-corrected chi connectivity index (χ1v) is 9.10. The number of rotatable bonds is 9. The van der Waals surface area contributed by atoms with Gasteiger partial charge in [0.15, 0.2) is 0 Å². The van der Waals surface area contributed by atoms with Gasteiger partial charge in [0.25, 0.3) is 5.91 Å². The Morgan fingerprint density at radius 3 is 2.37 bits per heavy atom. The molecule has 0 fully saturated rings. The fraction of sp³-hybridized carbons (Fsp3) is 0.333. The van der Waals surface area contributed by atoms with Crippen LogP contribution in [0.5, 0.6) is 5.75 Å². The van der Waals surface area contributed by atoms with Crippen LogP contribution in [0.15, 0.2) is 48.5 Å². The summed E-state index contributed by atoms with van der Waals surface area (Å²) in [4.78, 5) is 26.2. The maximum Gasteiger partial charge on any atom is 0.253 e. The molecule has 2 amide bonds. The predicted molar refractivity (Wildman–Crippen MR) is 107 cm³/mol. The molecule has 27 heavy (non-hydrogen) atoms. The summed E-state index contributed by atoms with van der Waals surface area (Å²) in [5.41, 5.74) is 2.35. The average molecular weight is 369 g/mol. The van der Waals surface area contributed by atoms with Gasteiger partial charge in [-0.3, -0.25) is 9.59 Å². The van der Waals surface area contributed by atoms with E-state index in [0.29, 0.717) is 25.2 Å². The van der Waals surface area contributed by atoms with E-state index in [4.69, 9.17) is 4.74 Å². The van der Waals surface area contributed by atoms with Crippen molar-refractivity contribution in [2.45, 2.75) is 20.4 Å². The maximum atomic E-state index is 12.4. The second-order valence-corrected chi connectivity index (χ2v) is 6.04. The zero-order valence-corrected chi connectivity index (χ0v) is 16.1. The first-order chi connectivity index (χ1) is 13.1. The van der Waals surface area contributed by atoms with Crippen molar-refractivity contribution >= 4 is 17.5 Å². The summed E-state index contributed by atoms with van der Waals surface area (Å²) in [6, 6.07) is 14.8. The third-order valence-corrected chi connectivity index (χ3v) is 4.26. The fourth-order valence-corrected chi connectivity index (χ4v) is 2.64. The highest BCUT2D eigenvalue weighted by Gasteiger charge is 2.12. The van der Waals surface area contributed by atoms with Crippen LogP contribution in [0.25, 0.3) is 0 Å². The fourth-order valence-electron chi connectivity index (χ4n) is 2.64. The molecule has 0 unspecified atom stereocenters. The molecule has 6 heteroatoms. The van der Waals surface area contributed by atoms with E-state index in [2.05, 4.69) is 10.6 Å². The average Bonchev–Trinajstić information content (AvgIpc) is 2.72. The molecule has 0 spiro atoms. The second-order valence-electron chi connectivity index (χ2n) is 6.04. The molecule has 6 nitrogen and oxygen atoms in total. The van der Waals surface area contributed by atoms with Crippen LogP contribution in [-0.2, 0) is 11.3 Å². The van der Waals surface area contributed by atoms with Crippen molar-refractivity contribution in [3.8, 4) is 5.75 Å². The van der Waals surface area contributed by atoms with Crippen molar-refractivity contribution in [1.29, 1.82) is 0 Å². The van der Waals surface area contributed by atoms with Crippen molar-refractivity contribution in [2.75, 3.05) is 32.1 Å². The number of benzene rings is 2. The molecule has 2 rings (SSSR count). The first kappa shape index (κ1) is 20.3. The van der Waals surface area contributed by atoms with E-state index in [-0.39, 0.29) is 18.4 Å². The van der Waals surface area contributed by atoms with Crippen LogP contribution in [0.4, 0.5) is 5.69 Å². The Hall–Kier alpha value is -3.02. The van der Waals surface area contributed by atoms with Gasteiger partial charge in [-0.25, -0.2) is 0 Å². The second kappa shape index (κ2) is 10.2. The van der Waals surface area contributed by atoms with E-state index in [1.165, 1.54) is 0 Å². The molecular formula is C21H27N3O3. The van der Waals surface area contributed by atoms with Gasteiger partial charge < -0.3 is 20.3 Å². The molecule has 144 valence electrons. The lowest BCUT2D eigenvalue weighted by Gasteiger charge is -2.19. The molecule has 0 heterocycles. The summed E-state index contributed by atoms with van der Waals surface area (Å²) < 4.78 is 5.11. The van der Waals surface area contributed by atoms with Crippen molar-refractivity contribution in [3.63, 3.8) is 0 Å². The lowest BCUT2D eigenvalue weighted by molar-refractivity contribution is -0.119. The van der Waals surface area contributed by atoms with Gasteiger partial charge in [-0.2, -0.15) is 0 Å². The SMILES string of the molecule is CCN(CC)C(=O)c1cccc(NCC(=O)NCc2ccc(OC)cc2)c1. The van der Waals surface area contributed by atoms with E-state index in [0.717, 1.165) is 17.0 Å². The zero-order valence-electron chi connectivity index (χ0n) is 16.1. The van der Waals surface area contributed by atoms with Crippen LogP contribution in [0.1, 0.15) is 29.8 Å². The maximum absolute atomic E-state index is 12.4. The summed E-state index contributed by atoms with van der Waals surface area (Å²) in [5, 5.41) is 5.93. The van der Waals surface area contributed by atoms with Gasteiger partial charge in [0.2, 0.25) is 5.91 Å². The van der Waals surface area contributed by atoms with E-state index >= 15 is 0 Å². The zero-order chi connectivity index (χ0) is 19.6. The van der Waals surface area contributed by atoms with Gasteiger partial charge in [-0.05, 0) is 49.7 Å². The highest BCUT2D eigenvalue weighted by Crippen LogP contribution is 2.13. The number of nitrogens with zero attached hydrogens (tertiary/aromatic N) is 1. The number of carbonyl (C=O) groups excluding carboxylic acids is 2. The number of amides is 2. The van der Waals surface area contributed by atoms with E-state index in [1.54, 1.807) is 24.1 Å². The van der Waals surface area contributed by atoms with Crippen molar-refractivity contribution in [3.05, 3.63) is 59.7 Å². The molecule has 0 aliphatic heterocycles. The topological polar surface area (TPSA) is 70.7 Å². The summed E-state index contributed by atoms with van der Waals surface area (Å²) >= 11 is 0. The number of nitrogens with one attached hydrogen (secondary N) is 2. The molecule has 0 aromatic heterocycles. The Morgan fingerprint density at radius 1 is 1.04 bits per heavy atom. The molecule has 0 aliphatic carbocycles. The van der Waals surface area contributed by atoms with Gasteiger partial charge >= 0.3 is 0 Å². The Bertz CT molecular complexity index is 756. The number of hydrogen-bond acceptors (Lipinski definition) is 4. The molecule has 0 bridgehead atoms. The lowest BCUT2D eigenvalue weighted by Crippen LogP contribution is -2.31. The van der Waals surface area contributed by atoms with E-state index in [9.17, 15) is 9.59 Å². The molecule has 2 N–H and O–H groups in total. The quantitative estimate of drug-likeness (QED) is 0.713. The largest absolute Gasteiger partial charge is 0.497 e. The standard InChI is InChI=1S/C21H27N3O3/c1-4-24(5-2)21(26)17-7-6-8-18(13-17)22-15-20(25)23-14-16-9-11-19(27-3)12-10-16/h6-13,22H,4-5,14-15H2,1-3H3,(H,23,25). The third kappa shape index (κ3) is 6.02. The van der Waals surface area contributed by atoms with Crippen LogP contribution in [0.3, 0.4) is 0 Å². The molecule has 2 aromatic carbocycles. The third-order valence-electron chi connectivity index (χ3n) is 4.26. The minimum atomic E-state index is -0.119. The molecular weight excluding hydrogens is 342 g/mol. The molecule has 0 saturated heterocycles. The number of methoxy groups -OCH3 is 1.